The van der Waals surface area contributed by atoms with E-state index in [1.807, 2.05) is 0 Å². The van der Waals surface area contributed by atoms with E-state index < -0.39 is 10.2 Å². The molecule has 0 spiro atoms. The van der Waals surface area contributed by atoms with Gasteiger partial charge in [-0.1, -0.05) is 6.92 Å². The standard InChI is InChI=1S/C10H19N3O3S/c1-9-2-5-12(6-3-9)17(15,16)13-7-4-11-10(14)8-13/h9H,2-8H2,1H3,(H,11,14). The van der Waals surface area contributed by atoms with Crippen LogP contribution in [0.2, 0.25) is 0 Å². The minimum Gasteiger partial charge on any atom is -0.354 e. The Bertz CT molecular complexity index is 388. The molecule has 0 atom stereocenters. The molecule has 0 saturated carbocycles. The molecule has 2 fully saturated rings. The number of amides is 1. The molecule has 2 aliphatic heterocycles. The summed E-state index contributed by atoms with van der Waals surface area (Å²) in [7, 11) is -3.44. The van der Waals surface area contributed by atoms with E-state index in [1.165, 1.54) is 8.61 Å². The van der Waals surface area contributed by atoms with Crippen molar-refractivity contribution in [3.8, 4) is 0 Å². The van der Waals surface area contributed by atoms with E-state index in [1.54, 1.807) is 0 Å². The first-order chi connectivity index (χ1) is 8.00. The molecule has 2 aliphatic rings. The summed E-state index contributed by atoms with van der Waals surface area (Å²) in [5.74, 6) is 0.372. The molecule has 0 unspecified atom stereocenters. The van der Waals surface area contributed by atoms with Gasteiger partial charge in [0.25, 0.3) is 10.2 Å². The molecule has 98 valence electrons. The van der Waals surface area contributed by atoms with Crippen LogP contribution in [0.1, 0.15) is 19.8 Å². The van der Waals surface area contributed by atoms with Crippen molar-refractivity contribution in [1.29, 1.82) is 0 Å². The fraction of sp³-hybridized carbons (Fsp3) is 0.900. The number of piperazine rings is 1. The van der Waals surface area contributed by atoms with Crippen LogP contribution in [0.4, 0.5) is 0 Å². The third-order valence-electron chi connectivity index (χ3n) is 3.40. The number of hydrogen-bond acceptors (Lipinski definition) is 3. The fourth-order valence-corrected chi connectivity index (χ4v) is 3.79. The molecule has 1 amide bonds. The molecule has 0 aromatic carbocycles. The Balaban J connectivity index is 2.05. The maximum Gasteiger partial charge on any atom is 0.282 e. The summed E-state index contributed by atoms with van der Waals surface area (Å²) in [4.78, 5) is 11.2. The molecule has 2 heterocycles. The highest BCUT2D eigenvalue weighted by Gasteiger charge is 2.34. The van der Waals surface area contributed by atoms with Crippen molar-refractivity contribution < 1.29 is 13.2 Å². The van der Waals surface area contributed by atoms with Crippen LogP contribution in [0.5, 0.6) is 0 Å². The molecule has 2 rings (SSSR count). The molecule has 0 aromatic heterocycles. The maximum absolute atomic E-state index is 12.3. The number of nitrogens with one attached hydrogen (secondary N) is 1. The Morgan fingerprint density at radius 2 is 1.82 bits per heavy atom. The molecular weight excluding hydrogens is 242 g/mol. The fourth-order valence-electron chi connectivity index (χ4n) is 2.19. The van der Waals surface area contributed by atoms with Crippen molar-refractivity contribution in [2.24, 2.45) is 5.92 Å². The lowest BCUT2D eigenvalue weighted by Gasteiger charge is -2.35. The molecule has 0 aliphatic carbocycles. The Hall–Kier alpha value is -0.660. The van der Waals surface area contributed by atoms with Gasteiger partial charge in [0.05, 0.1) is 6.54 Å². The van der Waals surface area contributed by atoms with Gasteiger partial charge in [0.2, 0.25) is 5.91 Å². The second-order valence-electron chi connectivity index (χ2n) is 4.77. The summed E-state index contributed by atoms with van der Waals surface area (Å²) < 4.78 is 27.3. The smallest absolute Gasteiger partial charge is 0.282 e. The highest BCUT2D eigenvalue weighted by Crippen LogP contribution is 2.20. The normalized spacial score (nSPS) is 25.8. The molecule has 0 bridgehead atoms. The van der Waals surface area contributed by atoms with E-state index in [9.17, 15) is 13.2 Å². The monoisotopic (exact) mass is 261 g/mol. The molecular formula is C10H19N3O3S. The summed E-state index contributed by atoms with van der Waals surface area (Å²) in [5, 5.41) is 2.63. The lowest BCUT2D eigenvalue weighted by atomic mass is 10.0. The zero-order valence-corrected chi connectivity index (χ0v) is 10.9. The molecule has 17 heavy (non-hydrogen) atoms. The number of rotatable bonds is 2. The van der Waals surface area contributed by atoms with Gasteiger partial charge in [-0.15, -0.1) is 0 Å². The first kappa shape index (κ1) is 12.8. The Labute approximate surface area is 102 Å². The zero-order chi connectivity index (χ0) is 12.5. The van der Waals surface area contributed by atoms with Crippen molar-refractivity contribution in [2.75, 3.05) is 32.7 Å². The van der Waals surface area contributed by atoms with Crippen molar-refractivity contribution in [1.82, 2.24) is 13.9 Å². The minimum atomic E-state index is -3.44. The van der Waals surface area contributed by atoms with Gasteiger partial charge in [-0.2, -0.15) is 17.0 Å². The van der Waals surface area contributed by atoms with E-state index in [-0.39, 0.29) is 12.5 Å². The van der Waals surface area contributed by atoms with E-state index in [0.29, 0.717) is 32.1 Å². The lowest BCUT2D eigenvalue weighted by Crippen LogP contribution is -2.55. The topological polar surface area (TPSA) is 69.7 Å². The van der Waals surface area contributed by atoms with E-state index in [2.05, 4.69) is 12.2 Å². The van der Waals surface area contributed by atoms with Crippen LogP contribution in [0.25, 0.3) is 0 Å². The van der Waals surface area contributed by atoms with Gasteiger partial charge < -0.3 is 5.32 Å². The summed E-state index contributed by atoms with van der Waals surface area (Å²) in [6, 6.07) is 0. The van der Waals surface area contributed by atoms with Gasteiger partial charge in [0.15, 0.2) is 0 Å². The van der Waals surface area contributed by atoms with E-state index >= 15 is 0 Å². The van der Waals surface area contributed by atoms with Crippen molar-refractivity contribution in [3.63, 3.8) is 0 Å². The van der Waals surface area contributed by atoms with Gasteiger partial charge in [0, 0.05) is 26.2 Å². The van der Waals surface area contributed by atoms with E-state index in [0.717, 1.165) is 12.8 Å². The second kappa shape index (κ2) is 4.91. The molecule has 1 N–H and O–H groups in total. The number of carbonyl (C=O) groups is 1. The second-order valence-corrected chi connectivity index (χ2v) is 6.70. The van der Waals surface area contributed by atoms with E-state index in [4.69, 9.17) is 0 Å². The van der Waals surface area contributed by atoms with Crippen LogP contribution >= 0.6 is 0 Å². The number of carbonyl (C=O) groups excluding carboxylic acids is 1. The Kier molecular flexibility index (Phi) is 3.70. The van der Waals surface area contributed by atoms with Gasteiger partial charge in [0.1, 0.15) is 0 Å². The van der Waals surface area contributed by atoms with Crippen LogP contribution in [0.3, 0.4) is 0 Å². The third-order valence-corrected chi connectivity index (χ3v) is 5.38. The highest BCUT2D eigenvalue weighted by atomic mass is 32.2. The maximum atomic E-state index is 12.3. The third kappa shape index (κ3) is 2.78. The van der Waals surface area contributed by atoms with Crippen LogP contribution in [-0.4, -0.2) is 55.7 Å². The first-order valence-corrected chi connectivity index (χ1v) is 7.42. The van der Waals surface area contributed by atoms with Gasteiger partial charge in [-0.05, 0) is 18.8 Å². The van der Waals surface area contributed by atoms with Gasteiger partial charge in [-0.3, -0.25) is 4.79 Å². The molecule has 0 aromatic rings. The summed E-state index contributed by atoms with van der Waals surface area (Å²) in [6.45, 7) is 4.01. The number of piperidine rings is 1. The average molecular weight is 261 g/mol. The Morgan fingerprint density at radius 1 is 1.18 bits per heavy atom. The predicted octanol–water partition coefficient (Wildman–Crippen LogP) is -0.605. The highest BCUT2D eigenvalue weighted by molar-refractivity contribution is 7.86. The molecule has 6 nitrogen and oxygen atoms in total. The first-order valence-electron chi connectivity index (χ1n) is 6.02. The summed E-state index contributed by atoms with van der Waals surface area (Å²) in [5.41, 5.74) is 0. The predicted molar refractivity (Wildman–Crippen MR) is 63.5 cm³/mol. The van der Waals surface area contributed by atoms with Crippen molar-refractivity contribution in [2.45, 2.75) is 19.8 Å². The molecule has 7 heteroatoms. The van der Waals surface area contributed by atoms with Crippen LogP contribution in [0.15, 0.2) is 0 Å². The summed E-state index contributed by atoms with van der Waals surface area (Å²) in [6.07, 6.45) is 1.80. The number of nitrogens with zero attached hydrogens (tertiary/aromatic N) is 2. The van der Waals surface area contributed by atoms with Crippen LogP contribution < -0.4 is 5.32 Å². The molecule has 2 saturated heterocycles. The molecule has 0 radical (unpaired) electrons. The van der Waals surface area contributed by atoms with Crippen LogP contribution in [0, 0.1) is 5.92 Å². The SMILES string of the molecule is CC1CCN(S(=O)(=O)N2CCNC(=O)C2)CC1. The van der Waals surface area contributed by atoms with Crippen molar-refractivity contribution in [3.05, 3.63) is 0 Å². The number of hydrogen-bond donors (Lipinski definition) is 1. The van der Waals surface area contributed by atoms with Gasteiger partial charge >= 0.3 is 0 Å². The largest absolute Gasteiger partial charge is 0.354 e. The quantitative estimate of drug-likeness (QED) is 0.721. The van der Waals surface area contributed by atoms with Crippen molar-refractivity contribution >= 4 is 16.1 Å². The Morgan fingerprint density at radius 3 is 2.41 bits per heavy atom. The zero-order valence-electron chi connectivity index (χ0n) is 10.1. The summed E-state index contributed by atoms with van der Waals surface area (Å²) >= 11 is 0. The average Bonchev–Trinajstić information content (AvgIpc) is 2.29. The van der Waals surface area contributed by atoms with Crippen LogP contribution in [-0.2, 0) is 15.0 Å². The van der Waals surface area contributed by atoms with Gasteiger partial charge in [-0.25, -0.2) is 0 Å². The minimum absolute atomic E-state index is 0.0472. The lowest BCUT2D eigenvalue weighted by molar-refractivity contribution is -0.122.